The summed E-state index contributed by atoms with van der Waals surface area (Å²) in [5.74, 6) is 0. The van der Waals surface area contributed by atoms with E-state index in [1.807, 2.05) is 0 Å². The van der Waals surface area contributed by atoms with Crippen molar-refractivity contribution >= 4 is 13.6 Å². The minimum atomic E-state index is 0.0190. The van der Waals surface area contributed by atoms with Gasteiger partial charge in [0, 0.05) is 0 Å². The molecule has 0 N–H and O–H groups in total. The lowest BCUT2D eigenvalue weighted by Crippen LogP contribution is -2.01. The molecule has 1 aromatic rings. The van der Waals surface area contributed by atoms with Crippen LogP contribution in [0.4, 0.5) is 0 Å². The largest absolute Gasteiger partial charge is 0.445 e. The van der Waals surface area contributed by atoms with Crippen LogP contribution in [0.1, 0.15) is 12.8 Å². The van der Waals surface area contributed by atoms with Crippen LogP contribution in [0, 0.1) is 0 Å². The molecule has 0 unspecified atom stereocenters. The molecule has 1 aliphatic heterocycles. The predicted octanol–water partition coefficient (Wildman–Crippen LogP) is 1.58. The molecule has 2 heterocycles. The first kappa shape index (κ1) is 6.36. The van der Waals surface area contributed by atoms with E-state index in [2.05, 4.69) is 4.98 Å². The highest BCUT2D eigenvalue weighted by molar-refractivity contribution is 7.65. The Labute approximate surface area is 61.4 Å². The van der Waals surface area contributed by atoms with Gasteiger partial charge in [-0.25, -0.2) is 4.98 Å². The summed E-state index contributed by atoms with van der Waals surface area (Å²) >= 11 is 0. The summed E-state index contributed by atoms with van der Waals surface area (Å²) < 4.78 is 5.24. The van der Waals surface area contributed by atoms with E-state index in [9.17, 15) is 0 Å². The van der Waals surface area contributed by atoms with Gasteiger partial charge >= 0.3 is 0 Å². The third kappa shape index (κ3) is 1.08. The number of aromatic nitrogens is 1. The standard InChI is InChI=1S/C7H10NOP/c1-2-6-10(5-1)7-8-3-4-9-7/h3-4H,1-2,5-6H2. The molecule has 0 atom stereocenters. The highest BCUT2D eigenvalue weighted by atomic mass is 31.1. The topological polar surface area (TPSA) is 26.0 Å². The Morgan fingerprint density at radius 2 is 2.20 bits per heavy atom. The normalized spacial score (nSPS) is 20.0. The van der Waals surface area contributed by atoms with Gasteiger partial charge in [-0.3, -0.25) is 0 Å². The smallest absolute Gasteiger partial charge is 0.215 e. The van der Waals surface area contributed by atoms with Crippen LogP contribution in [0.2, 0.25) is 0 Å². The molecule has 0 spiro atoms. The van der Waals surface area contributed by atoms with E-state index in [0.29, 0.717) is 0 Å². The van der Waals surface area contributed by atoms with Crippen molar-refractivity contribution in [3.8, 4) is 0 Å². The second-order valence-corrected chi connectivity index (χ2v) is 4.87. The molecule has 0 bridgehead atoms. The van der Waals surface area contributed by atoms with Crippen molar-refractivity contribution in [2.45, 2.75) is 12.8 Å². The number of nitrogens with zero attached hydrogens (tertiary/aromatic N) is 1. The van der Waals surface area contributed by atoms with Crippen molar-refractivity contribution < 1.29 is 4.42 Å². The van der Waals surface area contributed by atoms with Crippen molar-refractivity contribution in [2.24, 2.45) is 0 Å². The number of rotatable bonds is 1. The molecule has 0 amide bonds. The van der Waals surface area contributed by atoms with Gasteiger partial charge in [0.25, 0.3) is 0 Å². The summed E-state index contributed by atoms with van der Waals surface area (Å²) in [6.45, 7) is 0. The summed E-state index contributed by atoms with van der Waals surface area (Å²) in [5.41, 5.74) is 1.01. The van der Waals surface area contributed by atoms with Crippen LogP contribution >= 0.6 is 7.92 Å². The van der Waals surface area contributed by atoms with Crippen molar-refractivity contribution in [1.29, 1.82) is 0 Å². The summed E-state index contributed by atoms with van der Waals surface area (Å²) in [6.07, 6.45) is 8.82. The molecule has 1 saturated heterocycles. The molecule has 1 aliphatic rings. The van der Waals surface area contributed by atoms with Gasteiger partial charge < -0.3 is 4.42 Å². The lowest BCUT2D eigenvalue weighted by atomic mass is 10.4. The lowest BCUT2D eigenvalue weighted by Gasteiger charge is -2.00. The van der Waals surface area contributed by atoms with Crippen LogP contribution in [0.5, 0.6) is 0 Å². The fraction of sp³-hybridized carbons (Fsp3) is 0.571. The average molecular weight is 155 g/mol. The van der Waals surface area contributed by atoms with Crippen LogP contribution < -0.4 is 5.63 Å². The summed E-state index contributed by atoms with van der Waals surface area (Å²) in [4.78, 5) is 4.16. The Morgan fingerprint density at radius 1 is 1.40 bits per heavy atom. The average Bonchev–Trinajstić information content (AvgIpc) is 2.59. The van der Waals surface area contributed by atoms with Crippen LogP contribution in [0.15, 0.2) is 16.9 Å². The molecule has 1 fully saturated rings. The van der Waals surface area contributed by atoms with Crippen molar-refractivity contribution in [3.05, 3.63) is 12.5 Å². The van der Waals surface area contributed by atoms with Crippen molar-refractivity contribution in [3.63, 3.8) is 0 Å². The minimum Gasteiger partial charge on any atom is -0.445 e. The van der Waals surface area contributed by atoms with Crippen LogP contribution in [-0.2, 0) is 0 Å². The zero-order chi connectivity index (χ0) is 6.81. The van der Waals surface area contributed by atoms with E-state index in [4.69, 9.17) is 4.42 Å². The van der Waals surface area contributed by atoms with Crippen LogP contribution in [0.3, 0.4) is 0 Å². The van der Waals surface area contributed by atoms with Gasteiger partial charge in [-0.15, -0.1) is 0 Å². The first-order valence-corrected chi connectivity index (χ1v) is 5.32. The first-order valence-electron chi connectivity index (χ1n) is 3.61. The van der Waals surface area contributed by atoms with E-state index < -0.39 is 0 Å². The zero-order valence-corrected chi connectivity index (χ0v) is 6.68. The molecule has 0 aromatic carbocycles. The van der Waals surface area contributed by atoms with Gasteiger partial charge in [0.1, 0.15) is 6.26 Å². The van der Waals surface area contributed by atoms with E-state index >= 15 is 0 Å². The maximum atomic E-state index is 5.24. The fourth-order valence-corrected chi connectivity index (χ4v) is 3.54. The van der Waals surface area contributed by atoms with E-state index in [0.717, 1.165) is 5.63 Å². The van der Waals surface area contributed by atoms with Crippen molar-refractivity contribution in [2.75, 3.05) is 12.3 Å². The summed E-state index contributed by atoms with van der Waals surface area (Å²) in [7, 11) is 0.0190. The Hall–Kier alpha value is -0.360. The van der Waals surface area contributed by atoms with Gasteiger partial charge in [-0.05, 0) is 33.1 Å². The van der Waals surface area contributed by atoms with E-state index in [-0.39, 0.29) is 7.92 Å². The molecule has 1 aromatic heterocycles. The Bertz CT molecular complexity index is 191. The molecular weight excluding hydrogens is 145 g/mol. The van der Waals surface area contributed by atoms with Gasteiger partial charge in [-0.1, -0.05) is 0 Å². The third-order valence-corrected chi connectivity index (χ3v) is 4.27. The Kier molecular flexibility index (Phi) is 1.72. The quantitative estimate of drug-likeness (QED) is 0.575. The van der Waals surface area contributed by atoms with Crippen LogP contribution in [0.25, 0.3) is 0 Å². The highest BCUT2D eigenvalue weighted by Gasteiger charge is 2.19. The van der Waals surface area contributed by atoms with Gasteiger partial charge in [0.15, 0.2) is 0 Å². The molecular formula is C7H10NOP. The maximum absolute atomic E-state index is 5.24. The molecule has 3 heteroatoms. The Morgan fingerprint density at radius 3 is 2.80 bits per heavy atom. The lowest BCUT2D eigenvalue weighted by molar-refractivity contribution is 0.596. The molecule has 0 radical (unpaired) electrons. The number of hydrogen-bond acceptors (Lipinski definition) is 2. The molecule has 10 heavy (non-hydrogen) atoms. The molecule has 0 saturated carbocycles. The SMILES string of the molecule is c1coc(P2CCCC2)n1. The van der Waals surface area contributed by atoms with Crippen molar-refractivity contribution in [1.82, 2.24) is 4.98 Å². The second kappa shape index (κ2) is 2.71. The molecule has 2 nitrogen and oxygen atoms in total. The molecule has 2 rings (SSSR count). The third-order valence-electron chi connectivity index (χ3n) is 1.80. The van der Waals surface area contributed by atoms with Gasteiger partial charge in [-0.2, -0.15) is 0 Å². The highest BCUT2D eigenvalue weighted by Crippen LogP contribution is 2.41. The van der Waals surface area contributed by atoms with Crippen LogP contribution in [-0.4, -0.2) is 17.3 Å². The summed E-state index contributed by atoms with van der Waals surface area (Å²) in [6, 6.07) is 0. The van der Waals surface area contributed by atoms with E-state index in [1.54, 1.807) is 12.5 Å². The first-order chi connectivity index (χ1) is 4.97. The molecule has 0 aliphatic carbocycles. The fourth-order valence-electron chi connectivity index (χ4n) is 1.28. The van der Waals surface area contributed by atoms with Gasteiger partial charge in [0.2, 0.25) is 5.63 Å². The minimum absolute atomic E-state index is 0.0190. The summed E-state index contributed by atoms with van der Waals surface area (Å²) in [5, 5.41) is 0. The zero-order valence-electron chi connectivity index (χ0n) is 5.79. The molecule has 54 valence electrons. The number of hydrogen-bond donors (Lipinski definition) is 0. The maximum Gasteiger partial charge on any atom is 0.215 e. The number of oxazole rings is 1. The monoisotopic (exact) mass is 155 g/mol. The van der Waals surface area contributed by atoms with Gasteiger partial charge in [0.05, 0.1) is 6.20 Å². The Balaban J connectivity index is 2.12. The van der Waals surface area contributed by atoms with E-state index in [1.165, 1.54) is 25.2 Å². The predicted molar refractivity (Wildman–Crippen MR) is 42.0 cm³/mol. The second-order valence-electron chi connectivity index (χ2n) is 2.51.